The SMILES string of the molecule is OC1(Cc2ccc(Br)c(F)c2)CNC1. The van der Waals surface area contributed by atoms with Gasteiger partial charge in [-0.25, -0.2) is 4.39 Å². The largest absolute Gasteiger partial charge is 0.387 e. The van der Waals surface area contributed by atoms with Crippen LogP contribution in [0.3, 0.4) is 0 Å². The van der Waals surface area contributed by atoms with E-state index in [0.717, 1.165) is 5.56 Å². The van der Waals surface area contributed by atoms with E-state index in [1.165, 1.54) is 6.07 Å². The lowest BCUT2D eigenvalue weighted by Crippen LogP contribution is -2.60. The third-order valence-corrected chi connectivity index (χ3v) is 3.07. The van der Waals surface area contributed by atoms with Crippen LogP contribution < -0.4 is 5.32 Å². The van der Waals surface area contributed by atoms with Crippen LogP contribution in [0.4, 0.5) is 4.39 Å². The number of β-amino-alcohol motifs (C(OH)–C–C–N with tert-alkyl or cyclic N) is 1. The lowest BCUT2D eigenvalue weighted by atomic mass is 9.89. The minimum Gasteiger partial charge on any atom is -0.387 e. The van der Waals surface area contributed by atoms with Crippen molar-refractivity contribution in [2.24, 2.45) is 0 Å². The highest BCUT2D eigenvalue weighted by Gasteiger charge is 2.34. The molecule has 4 heteroatoms. The molecule has 0 saturated carbocycles. The maximum atomic E-state index is 13.1. The van der Waals surface area contributed by atoms with E-state index in [2.05, 4.69) is 21.2 Å². The summed E-state index contributed by atoms with van der Waals surface area (Å²) in [4.78, 5) is 0. The van der Waals surface area contributed by atoms with Gasteiger partial charge >= 0.3 is 0 Å². The van der Waals surface area contributed by atoms with Gasteiger partial charge in [0.1, 0.15) is 5.82 Å². The first-order valence-electron chi connectivity index (χ1n) is 4.46. The van der Waals surface area contributed by atoms with Crippen LogP contribution in [0.2, 0.25) is 0 Å². The van der Waals surface area contributed by atoms with Crippen LogP contribution in [0.5, 0.6) is 0 Å². The lowest BCUT2D eigenvalue weighted by Gasteiger charge is -2.37. The molecule has 0 unspecified atom stereocenters. The summed E-state index contributed by atoms with van der Waals surface area (Å²) in [5.74, 6) is -0.279. The Hall–Kier alpha value is -0.450. The molecule has 1 heterocycles. The third kappa shape index (κ3) is 1.97. The smallest absolute Gasteiger partial charge is 0.137 e. The molecule has 1 aromatic rings. The van der Waals surface area contributed by atoms with Gasteiger partial charge in [0, 0.05) is 19.5 Å². The Morgan fingerprint density at radius 3 is 2.71 bits per heavy atom. The molecule has 2 N–H and O–H groups in total. The van der Waals surface area contributed by atoms with Crippen LogP contribution in [-0.2, 0) is 6.42 Å². The molecule has 0 radical (unpaired) electrons. The molecule has 1 aliphatic rings. The number of halogens is 2. The highest BCUT2D eigenvalue weighted by atomic mass is 79.9. The maximum Gasteiger partial charge on any atom is 0.137 e. The van der Waals surface area contributed by atoms with E-state index in [1.807, 2.05) is 6.07 Å². The number of hydrogen-bond donors (Lipinski definition) is 2. The van der Waals surface area contributed by atoms with Crippen molar-refractivity contribution < 1.29 is 9.50 Å². The predicted octanol–water partition coefficient (Wildman–Crippen LogP) is 1.46. The Bertz CT molecular complexity index is 352. The van der Waals surface area contributed by atoms with Crippen LogP contribution in [0.15, 0.2) is 22.7 Å². The highest BCUT2D eigenvalue weighted by Crippen LogP contribution is 2.21. The number of aliphatic hydroxyl groups is 1. The van der Waals surface area contributed by atoms with Crippen LogP contribution >= 0.6 is 15.9 Å². The average Bonchev–Trinajstić information content (AvgIpc) is 2.09. The Balaban J connectivity index is 2.13. The summed E-state index contributed by atoms with van der Waals surface area (Å²) in [6, 6.07) is 4.95. The summed E-state index contributed by atoms with van der Waals surface area (Å²) in [5, 5.41) is 12.8. The molecular weight excluding hydrogens is 249 g/mol. The zero-order chi connectivity index (χ0) is 10.2. The fraction of sp³-hybridized carbons (Fsp3) is 0.400. The molecule has 2 rings (SSSR count). The van der Waals surface area contributed by atoms with Crippen LogP contribution in [-0.4, -0.2) is 23.8 Å². The number of hydrogen-bond acceptors (Lipinski definition) is 2. The maximum absolute atomic E-state index is 13.1. The number of rotatable bonds is 2. The van der Waals surface area contributed by atoms with Crippen LogP contribution in [0, 0.1) is 5.82 Å². The van der Waals surface area contributed by atoms with Crippen molar-refractivity contribution >= 4 is 15.9 Å². The molecule has 1 saturated heterocycles. The van der Waals surface area contributed by atoms with E-state index < -0.39 is 5.60 Å². The van der Waals surface area contributed by atoms with Gasteiger partial charge in [-0.05, 0) is 33.6 Å². The van der Waals surface area contributed by atoms with Crippen molar-refractivity contribution in [3.63, 3.8) is 0 Å². The summed E-state index contributed by atoms with van der Waals surface area (Å²) in [6.45, 7) is 1.18. The van der Waals surface area contributed by atoms with Gasteiger partial charge in [-0.3, -0.25) is 0 Å². The highest BCUT2D eigenvalue weighted by molar-refractivity contribution is 9.10. The minimum absolute atomic E-state index is 0.279. The minimum atomic E-state index is -0.680. The van der Waals surface area contributed by atoms with E-state index in [4.69, 9.17) is 0 Å². The van der Waals surface area contributed by atoms with Crippen molar-refractivity contribution in [3.8, 4) is 0 Å². The lowest BCUT2D eigenvalue weighted by molar-refractivity contribution is -0.00906. The number of benzene rings is 1. The van der Waals surface area contributed by atoms with Crippen molar-refractivity contribution in [1.29, 1.82) is 0 Å². The second-order valence-corrected chi connectivity index (χ2v) is 4.61. The molecule has 14 heavy (non-hydrogen) atoms. The van der Waals surface area contributed by atoms with Crippen molar-refractivity contribution in [3.05, 3.63) is 34.1 Å². The van der Waals surface area contributed by atoms with Crippen LogP contribution in [0.25, 0.3) is 0 Å². The molecule has 0 bridgehead atoms. The molecule has 1 aliphatic heterocycles. The summed E-state index contributed by atoms with van der Waals surface area (Å²) >= 11 is 3.09. The normalized spacial score (nSPS) is 19.1. The van der Waals surface area contributed by atoms with E-state index in [1.54, 1.807) is 6.07 Å². The predicted molar refractivity (Wildman–Crippen MR) is 55.6 cm³/mol. The molecule has 1 aromatic carbocycles. The first kappa shape index (κ1) is 10.1. The Kier molecular flexibility index (Phi) is 2.60. The molecule has 0 aliphatic carbocycles. The fourth-order valence-electron chi connectivity index (χ4n) is 1.57. The first-order chi connectivity index (χ1) is 6.59. The van der Waals surface area contributed by atoms with Gasteiger partial charge in [0.05, 0.1) is 10.1 Å². The molecule has 2 nitrogen and oxygen atoms in total. The van der Waals surface area contributed by atoms with Gasteiger partial charge in [-0.15, -0.1) is 0 Å². The summed E-state index contributed by atoms with van der Waals surface area (Å²) < 4.78 is 13.6. The standard InChI is InChI=1S/C10H11BrFNO/c11-8-2-1-7(3-9(8)12)4-10(14)5-13-6-10/h1-3,13-14H,4-6H2. The Morgan fingerprint density at radius 2 is 2.21 bits per heavy atom. The number of nitrogens with one attached hydrogen (secondary N) is 1. The van der Waals surface area contributed by atoms with E-state index in [-0.39, 0.29) is 5.82 Å². The molecular formula is C10H11BrFNO. The third-order valence-electron chi connectivity index (χ3n) is 2.43. The van der Waals surface area contributed by atoms with Crippen molar-refractivity contribution in [2.75, 3.05) is 13.1 Å². The summed E-state index contributed by atoms with van der Waals surface area (Å²) in [7, 11) is 0. The molecule has 0 spiro atoms. The average molecular weight is 260 g/mol. The van der Waals surface area contributed by atoms with E-state index >= 15 is 0 Å². The first-order valence-corrected chi connectivity index (χ1v) is 5.25. The molecule has 1 fully saturated rings. The van der Waals surface area contributed by atoms with E-state index in [9.17, 15) is 9.50 Å². The molecule has 0 atom stereocenters. The Labute approximate surface area is 90.3 Å². The zero-order valence-corrected chi connectivity index (χ0v) is 9.14. The van der Waals surface area contributed by atoms with Crippen LogP contribution in [0.1, 0.15) is 5.56 Å². The summed E-state index contributed by atoms with van der Waals surface area (Å²) in [6.07, 6.45) is 0.504. The van der Waals surface area contributed by atoms with Crippen molar-refractivity contribution in [1.82, 2.24) is 5.32 Å². The second kappa shape index (κ2) is 3.61. The second-order valence-electron chi connectivity index (χ2n) is 3.75. The molecule has 0 aromatic heterocycles. The summed E-state index contributed by atoms with van der Waals surface area (Å²) in [5.41, 5.74) is 0.148. The van der Waals surface area contributed by atoms with Gasteiger partial charge in [0.2, 0.25) is 0 Å². The molecule has 76 valence electrons. The Morgan fingerprint density at radius 1 is 1.50 bits per heavy atom. The molecule has 0 amide bonds. The van der Waals surface area contributed by atoms with Gasteiger partial charge < -0.3 is 10.4 Å². The van der Waals surface area contributed by atoms with Gasteiger partial charge in [-0.1, -0.05) is 6.07 Å². The topological polar surface area (TPSA) is 32.3 Å². The van der Waals surface area contributed by atoms with Gasteiger partial charge in [0.15, 0.2) is 0 Å². The fourth-order valence-corrected chi connectivity index (χ4v) is 1.81. The van der Waals surface area contributed by atoms with Gasteiger partial charge in [-0.2, -0.15) is 0 Å². The zero-order valence-electron chi connectivity index (χ0n) is 7.56. The monoisotopic (exact) mass is 259 g/mol. The van der Waals surface area contributed by atoms with Gasteiger partial charge in [0.25, 0.3) is 0 Å². The van der Waals surface area contributed by atoms with Crippen molar-refractivity contribution in [2.45, 2.75) is 12.0 Å². The quantitative estimate of drug-likeness (QED) is 0.843. The van der Waals surface area contributed by atoms with E-state index in [0.29, 0.717) is 24.0 Å².